The predicted molar refractivity (Wildman–Crippen MR) is 170 cm³/mol. The van der Waals surface area contributed by atoms with Crippen molar-refractivity contribution in [2.75, 3.05) is 49.5 Å². The number of hydrogen-bond donors (Lipinski definition) is 4. The Morgan fingerprint density at radius 2 is 1.58 bits per heavy atom. The van der Waals surface area contributed by atoms with Gasteiger partial charge in [-0.1, -0.05) is 6.92 Å². The molecule has 4 N–H and O–H groups in total. The molecule has 48 heavy (non-hydrogen) atoms. The van der Waals surface area contributed by atoms with E-state index in [0.717, 1.165) is 12.1 Å². The summed E-state index contributed by atoms with van der Waals surface area (Å²) in [6, 6.07) is 12.4. The predicted octanol–water partition coefficient (Wildman–Crippen LogP) is 5.39. The number of nitrogens with zero attached hydrogens (tertiary/aromatic N) is 2. The molecule has 0 radical (unpaired) electrons. The topological polar surface area (TPSA) is 142 Å². The number of nitrogens with one attached hydrogen (secondary N) is 3. The second kappa shape index (κ2) is 14.3. The van der Waals surface area contributed by atoms with E-state index in [0.29, 0.717) is 34.2 Å². The highest BCUT2D eigenvalue weighted by Gasteiger charge is 2.33. The minimum absolute atomic E-state index is 0.0561. The van der Waals surface area contributed by atoms with E-state index in [-0.39, 0.29) is 50.4 Å². The highest BCUT2D eigenvalue weighted by molar-refractivity contribution is 6.00. The Morgan fingerprint density at radius 1 is 0.958 bits per heavy atom. The molecule has 0 unspecified atom stereocenters. The summed E-state index contributed by atoms with van der Waals surface area (Å²) < 4.78 is 55.9. The Kier molecular flexibility index (Phi) is 10.2. The molecule has 2 heterocycles. The molecular formula is C33H36F3N5O7. The Bertz CT molecular complexity index is 1650. The van der Waals surface area contributed by atoms with Gasteiger partial charge in [-0.25, -0.2) is 9.59 Å². The molecule has 3 aromatic rings. The molecule has 15 heteroatoms. The number of ether oxygens (including phenoxy) is 3. The molecular weight excluding hydrogens is 635 g/mol. The van der Waals surface area contributed by atoms with Crippen LogP contribution in [0, 0.1) is 5.92 Å². The fraction of sp³-hybridized carbons (Fsp3) is 0.364. The van der Waals surface area contributed by atoms with Crippen LogP contribution >= 0.6 is 0 Å². The van der Waals surface area contributed by atoms with Gasteiger partial charge < -0.3 is 45.1 Å². The van der Waals surface area contributed by atoms with Crippen molar-refractivity contribution < 1.29 is 46.9 Å². The van der Waals surface area contributed by atoms with Gasteiger partial charge >= 0.3 is 18.2 Å². The minimum Gasteiger partial charge on any atom is -0.488 e. The zero-order valence-electron chi connectivity index (χ0n) is 26.5. The summed E-state index contributed by atoms with van der Waals surface area (Å²) in [4.78, 5) is 42.3. The lowest BCUT2D eigenvalue weighted by atomic mass is 10.0. The molecule has 256 valence electrons. The SMILES string of the molecule is C[C@H]1CN([C@@H](C)CO)C(=O)Cc2cc(NC(=O)Nc3ccc4c(c3)OCO4)ccc2O[C@H]1CN(C)C(=O)Nc1ccc(C(F)(F)F)cc1. The van der Waals surface area contributed by atoms with Gasteiger partial charge in [0.15, 0.2) is 11.5 Å². The molecule has 5 rings (SSSR count). The Morgan fingerprint density at radius 3 is 2.25 bits per heavy atom. The monoisotopic (exact) mass is 671 g/mol. The first-order chi connectivity index (χ1) is 22.8. The lowest BCUT2D eigenvalue weighted by Gasteiger charge is -2.34. The van der Waals surface area contributed by atoms with Gasteiger partial charge in [-0.3, -0.25) is 4.79 Å². The maximum absolute atomic E-state index is 13.5. The van der Waals surface area contributed by atoms with Crippen LogP contribution in [-0.4, -0.2) is 78.6 Å². The largest absolute Gasteiger partial charge is 0.488 e. The van der Waals surface area contributed by atoms with Crippen LogP contribution in [0.1, 0.15) is 25.0 Å². The highest BCUT2D eigenvalue weighted by Crippen LogP contribution is 2.35. The molecule has 5 amide bonds. The average molecular weight is 672 g/mol. The van der Waals surface area contributed by atoms with Crippen molar-refractivity contribution >= 4 is 35.0 Å². The van der Waals surface area contributed by atoms with E-state index < -0.39 is 35.9 Å². The van der Waals surface area contributed by atoms with Crippen LogP contribution in [-0.2, 0) is 17.4 Å². The summed E-state index contributed by atoms with van der Waals surface area (Å²) in [7, 11) is 1.52. The van der Waals surface area contributed by atoms with E-state index in [1.807, 2.05) is 6.92 Å². The molecule has 0 saturated carbocycles. The Balaban J connectivity index is 1.32. The van der Waals surface area contributed by atoms with Crippen LogP contribution in [0.3, 0.4) is 0 Å². The maximum atomic E-state index is 13.5. The summed E-state index contributed by atoms with van der Waals surface area (Å²) in [5, 5.41) is 18.0. The minimum atomic E-state index is -4.50. The summed E-state index contributed by atoms with van der Waals surface area (Å²) in [6.45, 7) is 3.69. The van der Waals surface area contributed by atoms with Gasteiger partial charge in [0.1, 0.15) is 11.9 Å². The van der Waals surface area contributed by atoms with Crippen molar-refractivity contribution in [1.29, 1.82) is 0 Å². The van der Waals surface area contributed by atoms with Crippen LogP contribution in [0.15, 0.2) is 60.7 Å². The second-order valence-electron chi connectivity index (χ2n) is 11.7. The number of alkyl halides is 3. The van der Waals surface area contributed by atoms with Crippen LogP contribution in [0.4, 0.5) is 39.8 Å². The summed E-state index contributed by atoms with van der Waals surface area (Å²) in [5.41, 5.74) is 0.703. The van der Waals surface area contributed by atoms with Gasteiger partial charge in [0, 0.05) is 48.2 Å². The fourth-order valence-corrected chi connectivity index (χ4v) is 5.31. The molecule has 0 fully saturated rings. The number of anilines is 3. The highest BCUT2D eigenvalue weighted by atomic mass is 19.4. The maximum Gasteiger partial charge on any atom is 0.416 e. The molecule has 12 nitrogen and oxygen atoms in total. The Hall–Kier alpha value is -5.18. The molecule has 0 spiro atoms. The molecule has 2 aliphatic rings. The van der Waals surface area contributed by atoms with Crippen molar-refractivity contribution in [3.05, 3.63) is 71.8 Å². The van der Waals surface area contributed by atoms with E-state index >= 15 is 0 Å². The van der Waals surface area contributed by atoms with Crippen LogP contribution in [0.25, 0.3) is 0 Å². The number of benzene rings is 3. The zero-order chi connectivity index (χ0) is 34.6. The first-order valence-corrected chi connectivity index (χ1v) is 15.2. The van der Waals surface area contributed by atoms with Gasteiger partial charge in [-0.05, 0) is 61.5 Å². The van der Waals surface area contributed by atoms with Gasteiger partial charge in [0.05, 0.1) is 31.2 Å². The summed E-state index contributed by atoms with van der Waals surface area (Å²) in [6.07, 6.45) is -5.22. The molecule has 0 aromatic heterocycles. The summed E-state index contributed by atoms with van der Waals surface area (Å²) >= 11 is 0. The molecule has 3 aromatic carbocycles. The molecule has 2 aliphatic heterocycles. The number of halogens is 3. The first-order valence-electron chi connectivity index (χ1n) is 15.2. The van der Waals surface area contributed by atoms with Crippen molar-refractivity contribution in [2.45, 2.75) is 38.6 Å². The number of urea groups is 2. The molecule has 0 saturated heterocycles. The number of hydrogen-bond acceptors (Lipinski definition) is 7. The van der Waals surface area contributed by atoms with Gasteiger partial charge in [0.25, 0.3) is 0 Å². The third-order valence-corrected chi connectivity index (χ3v) is 8.07. The van der Waals surface area contributed by atoms with Gasteiger partial charge in [0.2, 0.25) is 12.7 Å². The van der Waals surface area contributed by atoms with Crippen LogP contribution in [0.2, 0.25) is 0 Å². The third-order valence-electron chi connectivity index (χ3n) is 8.07. The van der Waals surface area contributed by atoms with E-state index in [2.05, 4.69) is 16.0 Å². The van der Waals surface area contributed by atoms with E-state index in [1.54, 1.807) is 48.2 Å². The van der Waals surface area contributed by atoms with Crippen molar-refractivity contribution in [2.24, 2.45) is 5.92 Å². The third kappa shape index (κ3) is 8.20. The number of rotatable bonds is 7. The van der Waals surface area contributed by atoms with Crippen LogP contribution < -0.4 is 30.2 Å². The van der Waals surface area contributed by atoms with E-state index in [9.17, 15) is 32.7 Å². The van der Waals surface area contributed by atoms with Crippen LogP contribution in [0.5, 0.6) is 17.2 Å². The van der Waals surface area contributed by atoms with Crippen molar-refractivity contribution in [1.82, 2.24) is 9.80 Å². The number of likely N-dealkylation sites (N-methyl/N-ethyl adjacent to an activating group) is 1. The lowest BCUT2D eigenvalue weighted by molar-refractivity contribution is -0.137. The lowest BCUT2D eigenvalue weighted by Crippen LogP contribution is -2.48. The van der Waals surface area contributed by atoms with Crippen molar-refractivity contribution in [3.63, 3.8) is 0 Å². The number of aliphatic hydroxyl groups excluding tert-OH is 1. The second-order valence-corrected chi connectivity index (χ2v) is 11.7. The number of carbonyl (C=O) groups excluding carboxylic acids is 3. The van der Waals surface area contributed by atoms with E-state index in [4.69, 9.17) is 14.2 Å². The Labute approximate surface area is 274 Å². The number of carbonyl (C=O) groups is 3. The first kappa shape index (κ1) is 34.2. The van der Waals surface area contributed by atoms with E-state index in [1.165, 1.54) is 24.1 Å². The van der Waals surface area contributed by atoms with Crippen molar-refractivity contribution in [3.8, 4) is 17.2 Å². The number of amides is 5. The number of aliphatic hydroxyl groups is 1. The summed E-state index contributed by atoms with van der Waals surface area (Å²) in [5.74, 6) is 0.877. The molecule has 0 aliphatic carbocycles. The average Bonchev–Trinajstić information content (AvgIpc) is 3.52. The molecule has 3 atom stereocenters. The molecule has 0 bridgehead atoms. The standard InChI is InChI=1S/C33H36F3N5O7/c1-19-15-41(20(2)17-42)30(43)13-21-12-24(37-31(44)38-25-9-11-27-28(14-25)47-18-46-27)8-10-26(21)48-29(19)16-40(3)32(45)39-23-6-4-22(5-7-23)33(34,35)36/h4-12,14,19-20,29,42H,13,15-18H2,1-3H3,(H,39,45)(H2,37,38,44)/t19-,20-,29-/m0/s1. The normalized spacial score (nSPS) is 18.0. The van der Waals surface area contributed by atoms with Gasteiger partial charge in [-0.2, -0.15) is 13.2 Å². The fourth-order valence-electron chi connectivity index (χ4n) is 5.31. The number of fused-ring (bicyclic) bond motifs is 2. The smallest absolute Gasteiger partial charge is 0.416 e. The zero-order valence-corrected chi connectivity index (χ0v) is 26.5. The quantitative estimate of drug-likeness (QED) is 0.264. The van der Waals surface area contributed by atoms with Gasteiger partial charge in [-0.15, -0.1) is 0 Å².